The second-order valence-electron chi connectivity index (χ2n) is 5.41. The third-order valence-corrected chi connectivity index (χ3v) is 4.15. The summed E-state index contributed by atoms with van der Waals surface area (Å²) in [7, 11) is 1.65. The number of hydrogen-bond donors (Lipinski definition) is 2. The molecule has 0 radical (unpaired) electrons. The van der Waals surface area contributed by atoms with Crippen molar-refractivity contribution in [2.24, 2.45) is 11.7 Å². The molecule has 20 heavy (non-hydrogen) atoms. The Labute approximate surface area is 120 Å². The monoisotopic (exact) mass is 276 g/mol. The van der Waals surface area contributed by atoms with Crippen molar-refractivity contribution in [3.05, 3.63) is 29.8 Å². The van der Waals surface area contributed by atoms with Crippen LogP contribution in [-0.2, 0) is 4.79 Å². The molecular weight excluding hydrogens is 252 g/mol. The first-order valence-corrected chi connectivity index (χ1v) is 7.36. The van der Waals surface area contributed by atoms with Gasteiger partial charge in [-0.3, -0.25) is 4.79 Å². The number of nitrogens with two attached hydrogens (primary N) is 1. The molecule has 3 N–H and O–H groups in total. The first-order valence-electron chi connectivity index (χ1n) is 7.36. The van der Waals surface area contributed by atoms with E-state index >= 15 is 0 Å². The molecule has 0 aliphatic heterocycles. The van der Waals surface area contributed by atoms with Crippen molar-refractivity contribution >= 4 is 5.91 Å². The lowest BCUT2D eigenvalue weighted by molar-refractivity contribution is -0.126. The van der Waals surface area contributed by atoms with Crippen molar-refractivity contribution in [3.8, 4) is 5.75 Å². The van der Waals surface area contributed by atoms with E-state index in [-0.39, 0.29) is 23.9 Å². The van der Waals surface area contributed by atoms with Gasteiger partial charge in [0.25, 0.3) is 0 Å². The van der Waals surface area contributed by atoms with Crippen molar-refractivity contribution in [2.45, 2.75) is 44.7 Å². The Morgan fingerprint density at radius 3 is 2.80 bits per heavy atom. The van der Waals surface area contributed by atoms with Gasteiger partial charge in [0.15, 0.2) is 0 Å². The summed E-state index contributed by atoms with van der Waals surface area (Å²) in [5.74, 6) is 0.849. The first kappa shape index (κ1) is 14.9. The molecule has 1 aromatic carbocycles. The van der Waals surface area contributed by atoms with Gasteiger partial charge in [0.2, 0.25) is 5.91 Å². The number of rotatable bonds is 5. The molecule has 0 aromatic heterocycles. The smallest absolute Gasteiger partial charge is 0.225 e. The van der Waals surface area contributed by atoms with Crippen LogP contribution < -0.4 is 15.8 Å². The Morgan fingerprint density at radius 1 is 1.45 bits per heavy atom. The summed E-state index contributed by atoms with van der Waals surface area (Å²) in [4.78, 5) is 12.4. The summed E-state index contributed by atoms with van der Waals surface area (Å²) in [5, 5.41) is 3.13. The third-order valence-electron chi connectivity index (χ3n) is 4.15. The molecule has 3 unspecified atom stereocenters. The van der Waals surface area contributed by atoms with Crippen LogP contribution in [0.3, 0.4) is 0 Å². The minimum absolute atomic E-state index is 0.00479. The van der Waals surface area contributed by atoms with Gasteiger partial charge >= 0.3 is 0 Å². The number of para-hydroxylation sites is 1. The van der Waals surface area contributed by atoms with Crippen LogP contribution >= 0.6 is 0 Å². The van der Waals surface area contributed by atoms with Gasteiger partial charge in [0, 0.05) is 11.6 Å². The quantitative estimate of drug-likeness (QED) is 0.868. The van der Waals surface area contributed by atoms with Crippen LogP contribution in [-0.4, -0.2) is 19.1 Å². The highest BCUT2D eigenvalue weighted by Gasteiger charge is 2.31. The highest BCUT2D eigenvalue weighted by Crippen LogP contribution is 2.29. The number of amides is 1. The number of nitrogens with one attached hydrogen (secondary N) is 1. The number of carbonyl (C=O) groups excluding carboxylic acids is 1. The highest BCUT2D eigenvalue weighted by molar-refractivity contribution is 5.80. The number of benzene rings is 1. The molecule has 1 amide bonds. The average molecular weight is 276 g/mol. The molecule has 110 valence electrons. The summed E-state index contributed by atoms with van der Waals surface area (Å²) >= 11 is 0. The molecule has 1 aliphatic carbocycles. The predicted molar refractivity (Wildman–Crippen MR) is 79.5 cm³/mol. The fraction of sp³-hybridized carbons (Fsp3) is 0.562. The molecular formula is C16H24N2O2. The van der Waals surface area contributed by atoms with Crippen molar-refractivity contribution in [3.63, 3.8) is 0 Å². The standard InChI is InChI=1S/C16H24N2O2/c1-3-14(12-7-4-5-10-15(12)20-2)18-16(19)11-8-6-9-13(11)17/h4-5,7,10-11,13-14H,3,6,8-9,17H2,1-2H3,(H,18,19). The predicted octanol–water partition coefficient (Wildman–Crippen LogP) is 2.39. The number of hydrogen-bond acceptors (Lipinski definition) is 3. The van der Waals surface area contributed by atoms with Gasteiger partial charge in [0.1, 0.15) is 5.75 Å². The van der Waals surface area contributed by atoms with E-state index in [9.17, 15) is 4.79 Å². The molecule has 0 spiro atoms. The number of methoxy groups -OCH3 is 1. The summed E-state index contributed by atoms with van der Waals surface area (Å²) in [6, 6.07) is 7.81. The molecule has 1 aromatic rings. The Hall–Kier alpha value is -1.55. The molecule has 1 fully saturated rings. The summed E-state index contributed by atoms with van der Waals surface area (Å²) < 4.78 is 5.38. The normalized spacial score (nSPS) is 23.4. The van der Waals surface area contributed by atoms with Gasteiger partial charge in [0.05, 0.1) is 19.1 Å². The van der Waals surface area contributed by atoms with Crippen LogP contribution in [0, 0.1) is 5.92 Å². The van der Waals surface area contributed by atoms with Gasteiger partial charge in [-0.2, -0.15) is 0 Å². The fourth-order valence-corrected chi connectivity index (χ4v) is 2.95. The Kier molecular flexibility index (Phi) is 5.01. The first-order chi connectivity index (χ1) is 9.67. The molecule has 0 bridgehead atoms. The third kappa shape index (κ3) is 3.12. The lowest BCUT2D eigenvalue weighted by Gasteiger charge is -2.23. The lowest BCUT2D eigenvalue weighted by atomic mass is 9.99. The van der Waals surface area contributed by atoms with E-state index in [0.29, 0.717) is 0 Å². The summed E-state index contributed by atoms with van der Waals surface area (Å²) in [6.07, 6.45) is 3.72. The van der Waals surface area contributed by atoms with Gasteiger partial charge in [-0.15, -0.1) is 0 Å². The Bertz CT molecular complexity index is 462. The van der Waals surface area contributed by atoms with Crippen molar-refractivity contribution in [1.82, 2.24) is 5.32 Å². The second-order valence-corrected chi connectivity index (χ2v) is 5.41. The van der Waals surface area contributed by atoms with E-state index in [0.717, 1.165) is 37.0 Å². The van der Waals surface area contributed by atoms with Gasteiger partial charge < -0.3 is 15.8 Å². The maximum absolute atomic E-state index is 12.4. The van der Waals surface area contributed by atoms with E-state index in [4.69, 9.17) is 10.5 Å². The van der Waals surface area contributed by atoms with Crippen LogP contribution in [0.15, 0.2) is 24.3 Å². The Morgan fingerprint density at radius 2 is 2.20 bits per heavy atom. The second kappa shape index (κ2) is 6.75. The topological polar surface area (TPSA) is 64.4 Å². The maximum Gasteiger partial charge on any atom is 0.225 e. The number of ether oxygens (including phenoxy) is 1. The van der Waals surface area contributed by atoms with Gasteiger partial charge in [-0.25, -0.2) is 0 Å². The fourth-order valence-electron chi connectivity index (χ4n) is 2.95. The molecule has 1 saturated carbocycles. The van der Waals surface area contributed by atoms with Crippen LogP contribution in [0.5, 0.6) is 5.75 Å². The zero-order chi connectivity index (χ0) is 14.5. The zero-order valence-corrected chi connectivity index (χ0v) is 12.3. The Balaban J connectivity index is 2.10. The zero-order valence-electron chi connectivity index (χ0n) is 12.3. The van der Waals surface area contributed by atoms with Gasteiger partial charge in [-0.05, 0) is 25.3 Å². The molecule has 1 aliphatic rings. The van der Waals surface area contributed by atoms with E-state index in [2.05, 4.69) is 12.2 Å². The van der Waals surface area contributed by atoms with E-state index < -0.39 is 0 Å². The summed E-state index contributed by atoms with van der Waals surface area (Å²) in [5.41, 5.74) is 7.03. The van der Waals surface area contributed by atoms with Crippen molar-refractivity contribution in [2.75, 3.05) is 7.11 Å². The minimum atomic E-state index is -0.0428. The molecule has 0 saturated heterocycles. The lowest BCUT2D eigenvalue weighted by Crippen LogP contribution is -2.40. The highest BCUT2D eigenvalue weighted by atomic mass is 16.5. The largest absolute Gasteiger partial charge is 0.496 e. The molecule has 2 rings (SSSR count). The summed E-state index contributed by atoms with van der Waals surface area (Å²) in [6.45, 7) is 2.06. The maximum atomic E-state index is 12.4. The molecule has 0 heterocycles. The SMILES string of the molecule is CCC(NC(=O)C1CCCC1N)c1ccccc1OC. The van der Waals surface area contributed by atoms with Gasteiger partial charge in [-0.1, -0.05) is 31.5 Å². The van der Waals surface area contributed by atoms with E-state index in [1.54, 1.807) is 7.11 Å². The van der Waals surface area contributed by atoms with Crippen molar-refractivity contribution < 1.29 is 9.53 Å². The number of carbonyl (C=O) groups is 1. The average Bonchev–Trinajstić information content (AvgIpc) is 2.90. The van der Waals surface area contributed by atoms with E-state index in [1.165, 1.54) is 0 Å². The van der Waals surface area contributed by atoms with Crippen LogP contribution in [0.2, 0.25) is 0 Å². The molecule has 3 atom stereocenters. The van der Waals surface area contributed by atoms with Crippen LogP contribution in [0.25, 0.3) is 0 Å². The van der Waals surface area contributed by atoms with Crippen LogP contribution in [0.4, 0.5) is 0 Å². The molecule has 4 heteroatoms. The van der Waals surface area contributed by atoms with Crippen LogP contribution in [0.1, 0.15) is 44.2 Å². The van der Waals surface area contributed by atoms with Crippen molar-refractivity contribution in [1.29, 1.82) is 0 Å². The van der Waals surface area contributed by atoms with E-state index in [1.807, 2.05) is 24.3 Å². The minimum Gasteiger partial charge on any atom is -0.496 e. The molecule has 4 nitrogen and oxygen atoms in total.